The van der Waals surface area contributed by atoms with Crippen LogP contribution < -0.4 is 0 Å². The summed E-state index contributed by atoms with van der Waals surface area (Å²) in [7, 11) is 1.28. The molecule has 3 rings (SSSR count). The van der Waals surface area contributed by atoms with E-state index in [-0.39, 0.29) is 6.54 Å². The molecule has 1 atom stereocenters. The minimum atomic E-state index is -0.647. The first kappa shape index (κ1) is 16.2. The van der Waals surface area contributed by atoms with Crippen molar-refractivity contribution in [2.45, 2.75) is 25.3 Å². The highest BCUT2D eigenvalue weighted by atomic mass is 16.5. The molecule has 7 nitrogen and oxygen atoms in total. The van der Waals surface area contributed by atoms with Gasteiger partial charge in [0.1, 0.15) is 12.6 Å². The fourth-order valence-corrected chi connectivity index (χ4v) is 3.22. The van der Waals surface area contributed by atoms with Crippen LogP contribution in [-0.4, -0.2) is 59.7 Å². The molecule has 1 saturated heterocycles. The van der Waals surface area contributed by atoms with Crippen molar-refractivity contribution >= 4 is 23.7 Å². The van der Waals surface area contributed by atoms with Crippen molar-refractivity contribution in [2.24, 2.45) is 0 Å². The molecule has 0 spiro atoms. The number of fused-ring (bicyclic) bond motifs is 1. The molecule has 0 N–H and O–H groups in total. The standard InChI is InChI=1S/C17H18N2O5/c1-24-17(23)13-8-4-5-9-18(13)14(20)10-19-15(21)11-6-2-3-7-12(11)16(19)22/h2-3,6-7,13H,4-5,8-10H2,1H3/t13-/m0/s1. The van der Waals surface area contributed by atoms with Gasteiger partial charge in [-0.15, -0.1) is 0 Å². The Labute approximate surface area is 139 Å². The van der Waals surface area contributed by atoms with Gasteiger partial charge in [0, 0.05) is 6.54 Å². The van der Waals surface area contributed by atoms with E-state index >= 15 is 0 Å². The highest BCUT2D eigenvalue weighted by Crippen LogP contribution is 2.24. The third kappa shape index (κ3) is 2.66. The number of carbonyl (C=O) groups is 4. The molecule has 0 bridgehead atoms. The van der Waals surface area contributed by atoms with Crippen LogP contribution in [0.25, 0.3) is 0 Å². The lowest BCUT2D eigenvalue weighted by Crippen LogP contribution is -2.52. The number of hydrogen-bond donors (Lipinski definition) is 0. The number of rotatable bonds is 3. The number of methoxy groups -OCH3 is 1. The van der Waals surface area contributed by atoms with Crippen LogP contribution in [0.3, 0.4) is 0 Å². The maximum Gasteiger partial charge on any atom is 0.328 e. The van der Waals surface area contributed by atoms with Crippen molar-refractivity contribution in [3.05, 3.63) is 35.4 Å². The summed E-state index contributed by atoms with van der Waals surface area (Å²) >= 11 is 0. The number of esters is 1. The minimum Gasteiger partial charge on any atom is -0.467 e. The van der Waals surface area contributed by atoms with Gasteiger partial charge in [-0.25, -0.2) is 4.79 Å². The van der Waals surface area contributed by atoms with Gasteiger partial charge in [0.05, 0.1) is 18.2 Å². The summed E-state index contributed by atoms with van der Waals surface area (Å²) in [5.41, 5.74) is 0.608. The molecular weight excluding hydrogens is 312 g/mol. The molecule has 24 heavy (non-hydrogen) atoms. The molecule has 0 aromatic heterocycles. The van der Waals surface area contributed by atoms with Crippen molar-refractivity contribution in [1.82, 2.24) is 9.80 Å². The van der Waals surface area contributed by atoms with Gasteiger partial charge in [-0.1, -0.05) is 12.1 Å². The van der Waals surface area contributed by atoms with E-state index in [0.717, 1.165) is 17.7 Å². The van der Waals surface area contributed by atoms with E-state index in [1.54, 1.807) is 24.3 Å². The Bertz CT molecular complexity index is 680. The number of benzene rings is 1. The van der Waals surface area contributed by atoms with Crippen LogP contribution in [0.4, 0.5) is 0 Å². The molecule has 2 heterocycles. The van der Waals surface area contributed by atoms with E-state index in [9.17, 15) is 19.2 Å². The van der Waals surface area contributed by atoms with Crippen LogP contribution in [0.2, 0.25) is 0 Å². The number of piperidine rings is 1. The van der Waals surface area contributed by atoms with Crippen molar-refractivity contribution < 1.29 is 23.9 Å². The fourth-order valence-electron chi connectivity index (χ4n) is 3.22. The first-order valence-corrected chi connectivity index (χ1v) is 7.87. The van der Waals surface area contributed by atoms with Crippen LogP contribution in [0.5, 0.6) is 0 Å². The number of nitrogens with zero attached hydrogens (tertiary/aromatic N) is 2. The number of ether oxygens (including phenoxy) is 1. The highest BCUT2D eigenvalue weighted by molar-refractivity contribution is 6.22. The number of hydrogen-bond acceptors (Lipinski definition) is 5. The first-order chi connectivity index (χ1) is 11.5. The molecule has 1 aromatic rings. The maximum absolute atomic E-state index is 12.6. The monoisotopic (exact) mass is 330 g/mol. The molecule has 1 fully saturated rings. The highest BCUT2D eigenvalue weighted by Gasteiger charge is 2.39. The molecular formula is C17H18N2O5. The minimum absolute atomic E-state index is 0.304. The molecule has 1 aromatic carbocycles. The predicted molar refractivity (Wildman–Crippen MR) is 83.2 cm³/mol. The summed E-state index contributed by atoms with van der Waals surface area (Å²) in [6.07, 6.45) is 2.14. The Kier molecular flexibility index (Phi) is 4.33. The second kappa shape index (κ2) is 6.43. The Morgan fingerprint density at radius 2 is 1.75 bits per heavy atom. The number of likely N-dealkylation sites (tertiary alicyclic amines) is 1. The van der Waals surface area contributed by atoms with Crippen LogP contribution in [-0.2, 0) is 14.3 Å². The van der Waals surface area contributed by atoms with Gasteiger partial charge < -0.3 is 9.64 Å². The van der Waals surface area contributed by atoms with Crippen LogP contribution in [0, 0.1) is 0 Å². The molecule has 126 valence electrons. The van der Waals surface area contributed by atoms with E-state index in [0.29, 0.717) is 24.1 Å². The Balaban J connectivity index is 1.76. The third-order valence-electron chi connectivity index (χ3n) is 4.47. The van der Waals surface area contributed by atoms with Crippen molar-refractivity contribution in [3.8, 4) is 0 Å². The van der Waals surface area contributed by atoms with Gasteiger partial charge in [0.2, 0.25) is 5.91 Å². The second-order valence-electron chi connectivity index (χ2n) is 5.86. The largest absolute Gasteiger partial charge is 0.467 e. The number of amides is 3. The lowest BCUT2D eigenvalue weighted by atomic mass is 10.0. The van der Waals surface area contributed by atoms with Crippen LogP contribution >= 0.6 is 0 Å². The Morgan fingerprint density at radius 3 is 2.33 bits per heavy atom. The average Bonchev–Trinajstić information content (AvgIpc) is 2.86. The molecule has 7 heteroatoms. The molecule has 0 aliphatic carbocycles. The third-order valence-corrected chi connectivity index (χ3v) is 4.47. The summed E-state index contributed by atoms with van der Waals surface area (Å²) in [6.45, 7) is 0.0572. The van der Waals surface area contributed by atoms with Gasteiger partial charge in [-0.2, -0.15) is 0 Å². The van der Waals surface area contributed by atoms with Crippen molar-refractivity contribution in [1.29, 1.82) is 0 Å². The van der Waals surface area contributed by atoms with E-state index in [4.69, 9.17) is 4.74 Å². The van der Waals surface area contributed by atoms with Gasteiger partial charge in [0.25, 0.3) is 11.8 Å². The normalized spacial score (nSPS) is 20.1. The van der Waals surface area contributed by atoms with E-state index < -0.39 is 29.7 Å². The number of carbonyl (C=O) groups excluding carboxylic acids is 4. The zero-order chi connectivity index (χ0) is 17.3. The van der Waals surface area contributed by atoms with E-state index in [1.807, 2.05) is 0 Å². The molecule has 2 aliphatic heterocycles. The average molecular weight is 330 g/mol. The maximum atomic E-state index is 12.6. The Hall–Kier alpha value is -2.70. The van der Waals surface area contributed by atoms with E-state index in [1.165, 1.54) is 12.0 Å². The molecule has 0 saturated carbocycles. The summed E-state index contributed by atoms with van der Waals surface area (Å²) in [5.74, 6) is -1.84. The lowest BCUT2D eigenvalue weighted by molar-refractivity contribution is -0.154. The predicted octanol–water partition coefficient (Wildman–Crippen LogP) is 0.837. The second-order valence-corrected chi connectivity index (χ2v) is 5.86. The number of imide groups is 1. The SMILES string of the molecule is COC(=O)[C@@H]1CCCCN1C(=O)CN1C(=O)c2ccccc2C1=O. The molecule has 0 unspecified atom stereocenters. The van der Waals surface area contributed by atoms with Crippen LogP contribution in [0.15, 0.2) is 24.3 Å². The topological polar surface area (TPSA) is 84.0 Å². The molecule has 3 amide bonds. The zero-order valence-corrected chi connectivity index (χ0v) is 13.4. The summed E-state index contributed by atoms with van der Waals surface area (Å²) in [6, 6.07) is 5.84. The van der Waals surface area contributed by atoms with E-state index in [2.05, 4.69) is 0 Å². The molecule has 2 aliphatic rings. The lowest BCUT2D eigenvalue weighted by Gasteiger charge is -2.34. The van der Waals surface area contributed by atoms with Crippen LogP contribution in [0.1, 0.15) is 40.0 Å². The summed E-state index contributed by atoms with van der Waals surface area (Å²) in [5, 5.41) is 0. The quantitative estimate of drug-likeness (QED) is 0.606. The molecule has 0 radical (unpaired) electrons. The smallest absolute Gasteiger partial charge is 0.328 e. The summed E-state index contributed by atoms with van der Waals surface area (Å²) < 4.78 is 4.75. The fraction of sp³-hybridized carbons (Fsp3) is 0.412. The van der Waals surface area contributed by atoms with Gasteiger partial charge in [-0.05, 0) is 31.4 Å². The zero-order valence-electron chi connectivity index (χ0n) is 13.4. The van der Waals surface area contributed by atoms with Gasteiger partial charge in [-0.3, -0.25) is 19.3 Å². The Morgan fingerprint density at radius 1 is 1.12 bits per heavy atom. The van der Waals surface area contributed by atoms with Gasteiger partial charge in [0.15, 0.2) is 0 Å². The van der Waals surface area contributed by atoms with Gasteiger partial charge >= 0.3 is 5.97 Å². The summed E-state index contributed by atoms with van der Waals surface area (Å²) in [4.78, 5) is 51.5. The van der Waals surface area contributed by atoms with Crippen molar-refractivity contribution in [2.75, 3.05) is 20.2 Å². The first-order valence-electron chi connectivity index (χ1n) is 7.87. The van der Waals surface area contributed by atoms with Crippen molar-refractivity contribution in [3.63, 3.8) is 0 Å².